The lowest BCUT2D eigenvalue weighted by Crippen LogP contribution is -2.54. The van der Waals surface area contributed by atoms with Crippen LogP contribution < -0.4 is 11.1 Å². The van der Waals surface area contributed by atoms with Gasteiger partial charge in [-0.25, -0.2) is 0 Å². The van der Waals surface area contributed by atoms with Crippen LogP contribution in [0.5, 0.6) is 0 Å². The molecule has 0 radical (unpaired) electrons. The first-order chi connectivity index (χ1) is 9.00. The van der Waals surface area contributed by atoms with Crippen LogP contribution in [0, 0.1) is 11.8 Å². The molecule has 20 heavy (non-hydrogen) atoms. The Labute approximate surface area is 128 Å². The Kier molecular flexibility index (Phi) is 6.76. The molecule has 2 rings (SSSR count). The molecule has 3 N–H and O–H groups in total. The molecule has 5 heteroatoms. The Bertz CT molecular complexity index is 317. The maximum Gasteiger partial charge on any atom is 0.225 e. The largest absolute Gasteiger partial charge is 0.381 e. The van der Waals surface area contributed by atoms with E-state index in [0.29, 0.717) is 5.92 Å². The molecule has 1 saturated carbocycles. The summed E-state index contributed by atoms with van der Waals surface area (Å²) in [5, 5.41) is 3.20. The van der Waals surface area contributed by atoms with Crippen molar-refractivity contribution >= 4 is 18.3 Å². The lowest BCUT2D eigenvalue weighted by atomic mass is 9.74. The van der Waals surface area contributed by atoms with Gasteiger partial charge in [-0.05, 0) is 45.4 Å². The minimum Gasteiger partial charge on any atom is -0.381 e. The molecule has 0 aromatic heterocycles. The van der Waals surface area contributed by atoms with E-state index in [-0.39, 0.29) is 35.8 Å². The molecule has 1 amide bonds. The molecule has 1 heterocycles. The second kappa shape index (κ2) is 7.62. The van der Waals surface area contributed by atoms with Crippen LogP contribution in [-0.4, -0.2) is 30.7 Å². The Morgan fingerprint density at radius 2 is 1.95 bits per heavy atom. The summed E-state index contributed by atoms with van der Waals surface area (Å²) in [5.41, 5.74) is 5.96. The summed E-state index contributed by atoms with van der Waals surface area (Å²) in [5.74, 6) is 0.678. The van der Waals surface area contributed by atoms with Gasteiger partial charge in [0.2, 0.25) is 5.91 Å². The maximum absolute atomic E-state index is 12.4. The molecule has 118 valence electrons. The fourth-order valence-corrected chi connectivity index (χ4v) is 3.45. The highest BCUT2D eigenvalue weighted by atomic mass is 35.5. The number of ether oxygens (including phenoxy) is 1. The minimum atomic E-state index is -0.336. The highest BCUT2D eigenvalue weighted by Crippen LogP contribution is 2.32. The predicted octanol–water partition coefficient (Wildman–Crippen LogP) is 2.25. The van der Waals surface area contributed by atoms with Gasteiger partial charge in [-0.1, -0.05) is 12.8 Å². The van der Waals surface area contributed by atoms with Crippen LogP contribution in [0.1, 0.15) is 52.4 Å². The van der Waals surface area contributed by atoms with Crippen LogP contribution in [0.4, 0.5) is 0 Å². The first kappa shape index (κ1) is 17.7. The predicted molar refractivity (Wildman–Crippen MR) is 82.9 cm³/mol. The van der Waals surface area contributed by atoms with E-state index in [1.54, 1.807) is 0 Å². The van der Waals surface area contributed by atoms with Crippen LogP contribution in [0.2, 0.25) is 0 Å². The van der Waals surface area contributed by atoms with Gasteiger partial charge in [0, 0.05) is 24.8 Å². The topological polar surface area (TPSA) is 64.4 Å². The van der Waals surface area contributed by atoms with Gasteiger partial charge in [0.25, 0.3) is 0 Å². The van der Waals surface area contributed by atoms with E-state index in [1.807, 2.05) is 6.92 Å². The average molecular weight is 305 g/mol. The lowest BCUT2D eigenvalue weighted by Gasteiger charge is -2.38. The molecule has 4 nitrogen and oxygen atoms in total. The van der Waals surface area contributed by atoms with E-state index < -0.39 is 0 Å². The molecule has 1 aliphatic carbocycles. The fourth-order valence-electron chi connectivity index (χ4n) is 3.45. The van der Waals surface area contributed by atoms with Gasteiger partial charge in [-0.2, -0.15) is 0 Å². The van der Waals surface area contributed by atoms with Crippen molar-refractivity contribution in [3.05, 3.63) is 0 Å². The van der Waals surface area contributed by atoms with E-state index in [4.69, 9.17) is 10.5 Å². The summed E-state index contributed by atoms with van der Waals surface area (Å²) in [6, 6.07) is 0.231. The molecule has 0 spiro atoms. The zero-order valence-electron chi connectivity index (χ0n) is 12.7. The molecule has 2 aliphatic rings. The Morgan fingerprint density at radius 3 is 2.55 bits per heavy atom. The van der Waals surface area contributed by atoms with Crippen LogP contribution in [-0.2, 0) is 9.53 Å². The molecular formula is C15H29ClN2O2. The third kappa shape index (κ3) is 4.34. The quantitative estimate of drug-likeness (QED) is 0.840. The standard InChI is InChI=1S/C15H28N2O2.ClH/c1-11(12-6-9-19-10-7-12)17-14(18)13-5-3-4-8-15(13,2)16;/h11-13H,3-10,16H2,1-2H3,(H,17,18);1H. The van der Waals surface area contributed by atoms with Crippen LogP contribution in [0.15, 0.2) is 0 Å². The van der Waals surface area contributed by atoms with Gasteiger partial charge < -0.3 is 15.8 Å². The van der Waals surface area contributed by atoms with Gasteiger partial charge in [0.05, 0.1) is 5.92 Å². The fraction of sp³-hybridized carbons (Fsp3) is 0.933. The first-order valence-corrected chi connectivity index (χ1v) is 7.68. The lowest BCUT2D eigenvalue weighted by molar-refractivity contribution is -0.129. The molecule has 0 aromatic rings. The minimum absolute atomic E-state index is 0. The number of hydrogen-bond donors (Lipinski definition) is 2. The van der Waals surface area contributed by atoms with Crippen molar-refractivity contribution in [2.45, 2.75) is 64.0 Å². The normalized spacial score (nSPS) is 33.0. The summed E-state index contributed by atoms with van der Waals surface area (Å²) in [6.07, 6.45) is 6.25. The molecule has 2 fully saturated rings. The van der Waals surface area contributed by atoms with E-state index in [0.717, 1.165) is 51.7 Å². The number of carbonyl (C=O) groups excluding carboxylic acids is 1. The number of halogens is 1. The van der Waals surface area contributed by atoms with Crippen molar-refractivity contribution < 1.29 is 9.53 Å². The molecule has 0 bridgehead atoms. The third-order valence-electron chi connectivity index (χ3n) is 4.91. The van der Waals surface area contributed by atoms with E-state index in [2.05, 4.69) is 12.2 Å². The van der Waals surface area contributed by atoms with Gasteiger partial charge in [0.15, 0.2) is 0 Å². The van der Waals surface area contributed by atoms with E-state index in [9.17, 15) is 4.79 Å². The maximum atomic E-state index is 12.4. The van der Waals surface area contributed by atoms with Crippen molar-refractivity contribution in [2.24, 2.45) is 17.6 Å². The number of hydrogen-bond acceptors (Lipinski definition) is 3. The molecule has 1 saturated heterocycles. The molecule has 3 atom stereocenters. The monoisotopic (exact) mass is 304 g/mol. The van der Waals surface area contributed by atoms with Gasteiger partial charge >= 0.3 is 0 Å². The second-order valence-corrected chi connectivity index (χ2v) is 6.55. The number of amides is 1. The number of nitrogens with one attached hydrogen (secondary N) is 1. The zero-order valence-corrected chi connectivity index (χ0v) is 13.5. The van der Waals surface area contributed by atoms with E-state index >= 15 is 0 Å². The molecule has 0 aromatic carbocycles. The highest BCUT2D eigenvalue weighted by molar-refractivity contribution is 5.85. The van der Waals surface area contributed by atoms with Crippen LogP contribution in [0.25, 0.3) is 0 Å². The smallest absolute Gasteiger partial charge is 0.225 e. The number of carbonyl (C=O) groups is 1. The molecule has 1 aliphatic heterocycles. The van der Waals surface area contributed by atoms with Gasteiger partial charge in [-0.15, -0.1) is 12.4 Å². The third-order valence-corrected chi connectivity index (χ3v) is 4.91. The summed E-state index contributed by atoms with van der Waals surface area (Å²) in [4.78, 5) is 12.4. The first-order valence-electron chi connectivity index (χ1n) is 7.68. The Hall–Kier alpha value is -0.320. The van der Waals surface area contributed by atoms with E-state index in [1.165, 1.54) is 0 Å². The summed E-state index contributed by atoms with van der Waals surface area (Å²) >= 11 is 0. The second-order valence-electron chi connectivity index (χ2n) is 6.55. The van der Waals surface area contributed by atoms with Crippen molar-refractivity contribution in [1.29, 1.82) is 0 Å². The Morgan fingerprint density at radius 1 is 1.30 bits per heavy atom. The van der Waals surface area contributed by atoms with Crippen molar-refractivity contribution in [2.75, 3.05) is 13.2 Å². The van der Waals surface area contributed by atoms with Crippen molar-refractivity contribution in [1.82, 2.24) is 5.32 Å². The summed E-state index contributed by atoms with van der Waals surface area (Å²) in [6.45, 7) is 5.78. The number of rotatable bonds is 3. The zero-order chi connectivity index (χ0) is 13.9. The Balaban J connectivity index is 0.00000200. The number of nitrogens with two attached hydrogens (primary N) is 1. The highest BCUT2D eigenvalue weighted by Gasteiger charge is 2.38. The van der Waals surface area contributed by atoms with Crippen molar-refractivity contribution in [3.63, 3.8) is 0 Å². The summed E-state index contributed by atoms with van der Waals surface area (Å²) < 4.78 is 5.37. The van der Waals surface area contributed by atoms with Gasteiger partial charge in [-0.3, -0.25) is 4.79 Å². The van der Waals surface area contributed by atoms with Crippen LogP contribution in [0.3, 0.4) is 0 Å². The average Bonchev–Trinajstić information content (AvgIpc) is 2.39. The van der Waals surface area contributed by atoms with Crippen molar-refractivity contribution in [3.8, 4) is 0 Å². The van der Waals surface area contributed by atoms with Crippen LogP contribution >= 0.6 is 12.4 Å². The van der Waals surface area contributed by atoms with Gasteiger partial charge in [0.1, 0.15) is 0 Å². The summed E-state index contributed by atoms with van der Waals surface area (Å²) in [7, 11) is 0. The molecular weight excluding hydrogens is 276 g/mol. The SMILES string of the molecule is CC(NC(=O)C1CCCCC1(C)N)C1CCOCC1.Cl. The molecule has 3 unspecified atom stereocenters.